The third-order valence-electron chi connectivity index (χ3n) is 2.83. The van der Waals surface area contributed by atoms with E-state index in [9.17, 15) is 9.59 Å². The van der Waals surface area contributed by atoms with Crippen LogP contribution in [0.3, 0.4) is 0 Å². The first kappa shape index (κ1) is 17.0. The normalized spacial score (nSPS) is 12.1. The summed E-state index contributed by atoms with van der Waals surface area (Å²) in [7, 11) is 0. The number of carbonyl (C=O) groups is 2. The Hall–Kier alpha value is -2.10. The smallest absolute Gasteiger partial charge is 0.313 e. The number of esters is 2. The average Bonchev–Trinajstić information content (AvgIpc) is 2.45. The lowest BCUT2D eigenvalue weighted by atomic mass is 10.1. The van der Waals surface area contributed by atoms with E-state index in [1.54, 1.807) is 58.0 Å². The Morgan fingerprint density at radius 2 is 1.52 bits per heavy atom. The van der Waals surface area contributed by atoms with Crippen molar-refractivity contribution in [1.82, 2.24) is 0 Å². The molecule has 0 aliphatic rings. The van der Waals surface area contributed by atoms with Crippen molar-refractivity contribution in [2.75, 3.05) is 0 Å². The molecule has 0 heterocycles. The maximum atomic E-state index is 11.6. The van der Waals surface area contributed by atoms with E-state index in [-0.39, 0.29) is 23.8 Å². The molecule has 0 saturated carbocycles. The van der Waals surface area contributed by atoms with Crippen molar-refractivity contribution < 1.29 is 19.1 Å². The summed E-state index contributed by atoms with van der Waals surface area (Å²) in [6, 6.07) is 6.86. The summed E-state index contributed by atoms with van der Waals surface area (Å²) in [6.45, 7) is 10.8. The van der Waals surface area contributed by atoms with Gasteiger partial charge in [-0.05, 0) is 23.8 Å². The largest absolute Gasteiger partial charge is 0.453 e. The molecule has 0 unspecified atom stereocenters. The third-order valence-corrected chi connectivity index (χ3v) is 2.83. The summed E-state index contributed by atoms with van der Waals surface area (Å²) in [4.78, 5) is 23.1. The molecule has 1 aromatic rings. The lowest BCUT2D eigenvalue weighted by Gasteiger charge is -2.16. The number of ether oxygens (including phenoxy) is 2. The first-order valence-electron chi connectivity index (χ1n) is 6.99. The molecule has 0 bridgehead atoms. The molecule has 21 heavy (non-hydrogen) atoms. The monoisotopic (exact) mass is 290 g/mol. The lowest BCUT2D eigenvalue weighted by Crippen LogP contribution is -2.15. The van der Waals surface area contributed by atoms with Gasteiger partial charge in [-0.15, -0.1) is 0 Å². The molecule has 0 fully saturated rings. The van der Waals surface area contributed by atoms with E-state index >= 15 is 0 Å². The van der Waals surface area contributed by atoms with Crippen LogP contribution in [0.25, 0.3) is 0 Å². The van der Waals surface area contributed by atoms with Crippen LogP contribution in [-0.4, -0.2) is 11.9 Å². The molecule has 0 radical (unpaired) electrons. The highest BCUT2D eigenvalue weighted by molar-refractivity contribution is 5.74. The van der Waals surface area contributed by atoms with Gasteiger partial charge in [-0.2, -0.15) is 0 Å². The summed E-state index contributed by atoms with van der Waals surface area (Å²) in [5.74, 6) is -0.476. The van der Waals surface area contributed by atoms with Gasteiger partial charge in [0.25, 0.3) is 0 Å². The topological polar surface area (TPSA) is 52.6 Å². The Morgan fingerprint density at radius 1 is 1.00 bits per heavy atom. The van der Waals surface area contributed by atoms with Gasteiger partial charge in [-0.3, -0.25) is 9.59 Å². The van der Waals surface area contributed by atoms with Crippen molar-refractivity contribution >= 4 is 11.9 Å². The molecule has 1 aromatic carbocycles. The number of benzene rings is 1. The van der Waals surface area contributed by atoms with E-state index in [1.165, 1.54) is 0 Å². The SMILES string of the molecule is C=C[C@H](OC(=O)C(C)C)c1ccc(OC(=O)C(C)C)cc1. The molecular weight excluding hydrogens is 268 g/mol. The highest BCUT2D eigenvalue weighted by atomic mass is 16.5. The molecule has 0 aliphatic carbocycles. The molecule has 4 nitrogen and oxygen atoms in total. The van der Waals surface area contributed by atoms with E-state index in [0.717, 1.165) is 5.56 Å². The molecule has 0 saturated heterocycles. The van der Waals surface area contributed by atoms with E-state index in [0.29, 0.717) is 5.75 Å². The van der Waals surface area contributed by atoms with E-state index < -0.39 is 6.10 Å². The highest BCUT2D eigenvalue weighted by Gasteiger charge is 2.16. The molecule has 0 aliphatic heterocycles. The summed E-state index contributed by atoms with van der Waals surface area (Å²) >= 11 is 0. The van der Waals surface area contributed by atoms with Crippen LogP contribution in [0, 0.1) is 11.8 Å². The zero-order chi connectivity index (χ0) is 16.0. The molecule has 1 atom stereocenters. The summed E-state index contributed by atoms with van der Waals surface area (Å²) in [5, 5.41) is 0. The predicted octanol–water partition coefficient (Wildman–Crippen LogP) is 3.67. The number of rotatable bonds is 6. The van der Waals surface area contributed by atoms with Crippen LogP contribution in [0.4, 0.5) is 0 Å². The van der Waals surface area contributed by atoms with Crippen molar-refractivity contribution in [3.05, 3.63) is 42.5 Å². The molecular formula is C17H22O4. The van der Waals surface area contributed by atoms with Gasteiger partial charge in [0.1, 0.15) is 11.9 Å². The quantitative estimate of drug-likeness (QED) is 0.455. The Balaban J connectivity index is 2.77. The van der Waals surface area contributed by atoms with Gasteiger partial charge in [0.2, 0.25) is 0 Å². The second-order valence-electron chi connectivity index (χ2n) is 5.39. The maximum Gasteiger partial charge on any atom is 0.313 e. The van der Waals surface area contributed by atoms with Crippen LogP contribution in [0.1, 0.15) is 39.4 Å². The van der Waals surface area contributed by atoms with Gasteiger partial charge in [-0.1, -0.05) is 46.4 Å². The number of hydrogen-bond acceptors (Lipinski definition) is 4. The Bertz CT molecular complexity index is 500. The van der Waals surface area contributed by atoms with Crippen LogP contribution >= 0.6 is 0 Å². The molecule has 4 heteroatoms. The Labute approximate surface area is 125 Å². The number of hydrogen-bond donors (Lipinski definition) is 0. The molecule has 114 valence electrons. The van der Waals surface area contributed by atoms with Crippen molar-refractivity contribution in [3.8, 4) is 5.75 Å². The molecule has 0 aromatic heterocycles. The van der Waals surface area contributed by atoms with Crippen LogP contribution in [0.2, 0.25) is 0 Å². The fourth-order valence-electron chi connectivity index (χ4n) is 1.47. The van der Waals surface area contributed by atoms with Gasteiger partial charge < -0.3 is 9.47 Å². The minimum Gasteiger partial charge on any atom is -0.453 e. The van der Waals surface area contributed by atoms with Crippen molar-refractivity contribution in [1.29, 1.82) is 0 Å². The zero-order valence-electron chi connectivity index (χ0n) is 13.0. The van der Waals surface area contributed by atoms with E-state index in [1.807, 2.05) is 0 Å². The maximum absolute atomic E-state index is 11.6. The molecule has 0 N–H and O–H groups in total. The van der Waals surface area contributed by atoms with Gasteiger partial charge in [0, 0.05) is 0 Å². The second-order valence-corrected chi connectivity index (χ2v) is 5.39. The van der Waals surface area contributed by atoms with E-state index in [4.69, 9.17) is 9.47 Å². The minimum absolute atomic E-state index is 0.183. The number of carbonyl (C=O) groups excluding carboxylic acids is 2. The fourth-order valence-corrected chi connectivity index (χ4v) is 1.47. The van der Waals surface area contributed by atoms with Crippen LogP contribution in [0.15, 0.2) is 36.9 Å². The van der Waals surface area contributed by atoms with Crippen molar-refractivity contribution in [2.24, 2.45) is 11.8 Å². The standard InChI is InChI=1S/C17H22O4/c1-6-15(21-17(19)12(4)5)13-7-9-14(10-8-13)20-16(18)11(2)3/h6-12,15H,1H2,2-5H3/t15-/m0/s1. The predicted molar refractivity (Wildman–Crippen MR) is 80.8 cm³/mol. The van der Waals surface area contributed by atoms with Gasteiger partial charge in [0.15, 0.2) is 0 Å². The van der Waals surface area contributed by atoms with Crippen LogP contribution < -0.4 is 4.74 Å². The average molecular weight is 290 g/mol. The van der Waals surface area contributed by atoms with Gasteiger partial charge in [-0.25, -0.2) is 0 Å². The summed E-state index contributed by atoms with van der Waals surface area (Å²) in [5.41, 5.74) is 0.781. The third kappa shape index (κ3) is 5.06. The van der Waals surface area contributed by atoms with Crippen LogP contribution in [0.5, 0.6) is 5.75 Å². The summed E-state index contributed by atoms with van der Waals surface area (Å²) in [6.07, 6.45) is 1.06. The minimum atomic E-state index is -0.505. The Kier molecular flexibility index (Phi) is 6.15. The molecule has 1 rings (SSSR count). The fraction of sp³-hybridized carbons (Fsp3) is 0.412. The molecule has 0 spiro atoms. The van der Waals surface area contributed by atoms with E-state index in [2.05, 4.69) is 6.58 Å². The first-order chi connectivity index (χ1) is 9.85. The first-order valence-corrected chi connectivity index (χ1v) is 6.99. The lowest BCUT2D eigenvalue weighted by molar-refractivity contribution is -0.151. The second kappa shape index (κ2) is 7.62. The summed E-state index contributed by atoms with van der Waals surface area (Å²) < 4.78 is 10.5. The van der Waals surface area contributed by atoms with Crippen molar-refractivity contribution in [2.45, 2.75) is 33.8 Å². The molecule has 0 amide bonds. The van der Waals surface area contributed by atoms with Gasteiger partial charge >= 0.3 is 11.9 Å². The van der Waals surface area contributed by atoms with Crippen molar-refractivity contribution in [3.63, 3.8) is 0 Å². The van der Waals surface area contributed by atoms with Crippen LogP contribution in [-0.2, 0) is 14.3 Å². The van der Waals surface area contributed by atoms with Gasteiger partial charge in [0.05, 0.1) is 11.8 Å². The Morgan fingerprint density at radius 3 is 1.95 bits per heavy atom. The zero-order valence-corrected chi connectivity index (χ0v) is 13.0. The highest BCUT2D eigenvalue weighted by Crippen LogP contribution is 2.23.